The van der Waals surface area contributed by atoms with Crippen molar-refractivity contribution < 1.29 is 18.3 Å². The number of aromatic hydroxyl groups is 1. The number of rotatable bonds is 8. The topological polar surface area (TPSA) is 50.9 Å². The Morgan fingerprint density at radius 2 is 1.74 bits per heavy atom. The van der Waals surface area contributed by atoms with Crippen molar-refractivity contribution in [2.75, 3.05) is 0 Å². The maximum Gasteiger partial charge on any atom is 0.416 e. The molecular formula is C24H28F3N3O. The van der Waals surface area contributed by atoms with E-state index in [1.54, 1.807) is 6.08 Å². The molecule has 0 unspecified atom stereocenters. The summed E-state index contributed by atoms with van der Waals surface area (Å²) in [5.41, 5.74) is 1.56. The Balaban J connectivity index is 2.11. The van der Waals surface area contributed by atoms with Gasteiger partial charge in [0.25, 0.3) is 0 Å². The van der Waals surface area contributed by atoms with Crippen LogP contribution in [0, 0.1) is 0 Å². The fraction of sp³-hybridized carbons (Fsp3) is 0.417. The minimum Gasteiger partial charge on any atom is -0.505 e. The van der Waals surface area contributed by atoms with E-state index in [1.807, 2.05) is 12.1 Å². The number of halogens is 3. The van der Waals surface area contributed by atoms with Crippen LogP contribution in [0.3, 0.4) is 0 Å². The van der Waals surface area contributed by atoms with Crippen molar-refractivity contribution in [3.8, 4) is 11.4 Å². The molecule has 3 aromatic rings. The predicted octanol–water partition coefficient (Wildman–Crippen LogP) is 6.73. The van der Waals surface area contributed by atoms with Gasteiger partial charge >= 0.3 is 6.18 Å². The molecule has 0 bridgehead atoms. The Bertz CT molecular complexity index is 1080. The Kier molecular flexibility index (Phi) is 6.43. The zero-order valence-corrected chi connectivity index (χ0v) is 18.1. The van der Waals surface area contributed by atoms with Gasteiger partial charge in [-0.1, -0.05) is 52.2 Å². The zero-order chi connectivity index (χ0) is 22.8. The van der Waals surface area contributed by atoms with E-state index in [1.165, 1.54) is 10.9 Å². The van der Waals surface area contributed by atoms with E-state index in [4.69, 9.17) is 0 Å². The Labute approximate surface area is 180 Å². The molecule has 0 aliphatic heterocycles. The molecule has 0 atom stereocenters. The van der Waals surface area contributed by atoms with Crippen LogP contribution in [0.5, 0.6) is 5.75 Å². The molecule has 3 rings (SSSR count). The first-order chi connectivity index (χ1) is 14.6. The molecule has 0 aliphatic carbocycles. The highest BCUT2D eigenvalue weighted by atomic mass is 19.4. The number of fused-ring (bicyclic) bond motifs is 1. The molecule has 1 heterocycles. The number of hydrogen-bond donors (Lipinski definition) is 1. The van der Waals surface area contributed by atoms with E-state index < -0.39 is 11.7 Å². The molecule has 0 aliphatic rings. The van der Waals surface area contributed by atoms with Crippen molar-refractivity contribution in [3.05, 3.63) is 59.7 Å². The van der Waals surface area contributed by atoms with Crippen molar-refractivity contribution in [3.63, 3.8) is 0 Å². The summed E-state index contributed by atoms with van der Waals surface area (Å²) in [6, 6.07) is 7.05. The molecule has 1 N–H and O–H groups in total. The highest BCUT2D eigenvalue weighted by Crippen LogP contribution is 2.37. The fourth-order valence-corrected chi connectivity index (χ4v) is 3.69. The highest BCUT2D eigenvalue weighted by Gasteiger charge is 2.31. The molecule has 166 valence electrons. The third-order valence-electron chi connectivity index (χ3n) is 5.64. The first-order valence-electron chi connectivity index (χ1n) is 10.5. The van der Waals surface area contributed by atoms with Gasteiger partial charge in [0.2, 0.25) is 0 Å². The van der Waals surface area contributed by atoms with Crippen molar-refractivity contribution in [2.45, 2.75) is 64.5 Å². The van der Waals surface area contributed by atoms with E-state index in [0.29, 0.717) is 23.2 Å². The van der Waals surface area contributed by atoms with Crippen LogP contribution in [0.1, 0.15) is 63.1 Å². The number of hydrogen-bond acceptors (Lipinski definition) is 3. The number of nitrogens with zero attached hydrogens (tertiary/aromatic N) is 3. The summed E-state index contributed by atoms with van der Waals surface area (Å²) < 4.78 is 39.2. The molecule has 7 heteroatoms. The average Bonchev–Trinajstić information content (AvgIpc) is 3.12. The molecule has 0 saturated carbocycles. The van der Waals surface area contributed by atoms with Crippen LogP contribution in [-0.2, 0) is 18.0 Å². The maximum atomic E-state index is 13.1. The van der Waals surface area contributed by atoms with Gasteiger partial charge in [0.1, 0.15) is 22.5 Å². The number of aromatic nitrogens is 3. The predicted molar refractivity (Wildman–Crippen MR) is 117 cm³/mol. The second-order valence-electron chi connectivity index (χ2n) is 8.53. The van der Waals surface area contributed by atoms with Crippen LogP contribution in [0.4, 0.5) is 13.2 Å². The SMILES string of the molecule is C=CCc1cc(C(C)(C)CCCCC)cc(-n2nc3ccc(C(F)(F)F)cc3n2)c1O. The van der Waals surface area contributed by atoms with Crippen molar-refractivity contribution in [1.82, 2.24) is 15.0 Å². The van der Waals surface area contributed by atoms with Crippen LogP contribution in [0.25, 0.3) is 16.7 Å². The summed E-state index contributed by atoms with van der Waals surface area (Å²) in [5.74, 6) is 0.00404. The number of unbranched alkanes of at least 4 members (excludes halogenated alkanes) is 2. The fourth-order valence-electron chi connectivity index (χ4n) is 3.69. The standard InChI is InChI=1S/C24H28F3N3O/c1-5-7-8-12-23(3,4)18-13-16(9-6-2)22(31)21(15-18)30-28-19-11-10-17(24(25,26)27)14-20(19)29-30/h6,10-11,13-15,31H,2,5,7-9,12H2,1,3-4H3. The lowest BCUT2D eigenvalue weighted by Crippen LogP contribution is -2.18. The van der Waals surface area contributed by atoms with Crippen LogP contribution < -0.4 is 0 Å². The summed E-state index contributed by atoms with van der Waals surface area (Å²) in [4.78, 5) is 1.22. The minimum atomic E-state index is -4.46. The number of benzene rings is 2. The van der Waals surface area contributed by atoms with Crippen LogP contribution >= 0.6 is 0 Å². The molecule has 0 fully saturated rings. The van der Waals surface area contributed by atoms with Gasteiger partial charge in [-0.2, -0.15) is 13.2 Å². The second kappa shape index (κ2) is 8.73. The first-order valence-corrected chi connectivity index (χ1v) is 10.5. The molecule has 0 amide bonds. The maximum absolute atomic E-state index is 13.1. The molecule has 0 saturated heterocycles. The largest absolute Gasteiger partial charge is 0.505 e. The number of allylic oxidation sites excluding steroid dienone is 1. The minimum absolute atomic E-state index is 0.00404. The van der Waals surface area contributed by atoms with Crippen LogP contribution in [0.15, 0.2) is 43.0 Å². The highest BCUT2D eigenvalue weighted by molar-refractivity contribution is 5.75. The molecule has 4 nitrogen and oxygen atoms in total. The van der Waals surface area contributed by atoms with Crippen LogP contribution in [0.2, 0.25) is 0 Å². The smallest absolute Gasteiger partial charge is 0.416 e. The summed E-state index contributed by atoms with van der Waals surface area (Å²) in [7, 11) is 0. The van der Waals surface area contributed by atoms with Gasteiger partial charge in [-0.15, -0.1) is 21.6 Å². The third kappa shape index (κ3) is 4.92. The Morgan fingerprint density at radius 3 is 2.39 bits per heavy atom. The molecule has 0 radical (unpaired) electrons. The van der Waals surface area contributed by atoms with E-state index in [0.717, 1.165) is 43.4 Å². The van der Waals surface area contributed by atoms with Crippen molar-refractivity contribution in [1.29, 1.82) is 0 Å². The van der Waals surface area contributed by atoms with E-state index in [2.05, 4.69) is 37.5 Å². The lowest BCUT2D eigenvalue weighted by atomic mass is 9.79. The lowest BCUT2D eigenvalue weighted by Gasteiger charge is -2.27. The van der Waals surface area contributed by atoms with Gasteiger partial charge in [0.05, 0.1) is 5.56 Å². The number of alkyl halides is 3. The average molecular weight is 432 g/mol. The molecular weight excluding hydrogens is 403 g/mol. The van der Waals surface area contributed by atoms with Crippen LogP contribution in [-0.4, -0.2) is 20.1 Å². The van der Waals surface area contributed by atoms with E-state index in [-0.39, 0.29) is 16.7 Å². The van der Waals surface area contributed by atoms with Gasteiger partial charge in [0, 0.05) is 5.56 Å². The Hall–Kier alpha value is -2.83. The monoisotopic (exact) mass is 431 g/mol. The molecule has 31 heavy (non-hydrogen) atoms. The van der Waals surface area contributed by atoms with E-state index in [9.17, 15) is 18.3 Å². The number of phenols is 1. The molecule has 2 aromatic carbocycles. The van der Waals surface area contributed by atoms with Gasteiger partial charge in [-0.3, -0.25) is 0 Å². The van der Waals surface area contributed by atoms with Gasteiger partial charge in [-0.25, -0.2) is 0 Å². The van der Waals surface area contributed by atoms with E-state index >= 15 is 0 Å². The second-order valence-corrected chi connectivity index (χ2v) is 8.53. The van der Waals surface area contributed by atoms with Crippen molar-refractivity contribution in [2.24, 2.45) is 0 Å². The summed E-state index contributed by atoms with van der Waals surface area (Å²) in [5, 5.41) is 19.4. The van der Waals surface area contributed by atoms with Gasteiger partial charge in [0.15, 0.2) is 0 Å². The van der Waals surface area contributed by atoms with Gasteiger partial charge < -0.3 is 5.11 Å². The van der Waals surface area contributed by atoms with Crippen molar-refractivity contribution >= 4 is 11.0 Å². The summed E-state index contributed by atoms with van der Waals surface area (Å²) in [6.07, 6.45) is 2.03. The molecule has 0 spiro atoms. The first kappa shape index (κ1) is 22.8. The zero-order valence-electron chi connectivity index (χ0n) is 18.1. The van der Waals surface area contributed by atoms with Gasteiger partial charge in [-0.05, 0) is 48.1 Å². The number of phenolic OH excluding ortho intramolecular Hbond substituents is 1. The summed E-state index contributed by atoms with van der Waals surface area (Å²) in [6.45, 7) is 10.2. The third-order valence-corrected chi connectivity index (χ3v) is 5.64. The molecule has 1 aromatic heterocycles. The quantitative estimate of drug-likeness (QED) is 0.318. The lowest BCUT2D eigenvalue weighted by molar-refractivity contribution is -0.137. The summed E-state index contributed by atoms with van der Waals surface area (Å²) >= 11 is 0. The Morgan fingerprint density at radius 1 is 1.03 bits per heavy atom. The normalized spacial score (nSPS) is 12.5.